The van der Waals surface area contributed by atoms with E-state index in [1.54, 1.807) is 11.3 Å². The van der Waals surface area contributed by atoms with Crippen LogP contribution in [-0.4, -0.2) is 48.6 Å². The highest BCUT2D eigenvalue weighted by molar-refractivity contribution is 7.22. The van der Waals surface area contributed by atoms with Crippen LogP contribution < -0.4 is 9.64 Å². The molecular formula is C21H23N3O2S. The van der Waals surface area contributed by atoms with Crippen LogP contribution in [0.15, 0.2) is 42.5 Å². The molecule has 0 saturated carbocycles. The number of hydrogen-bond acceptors (Lipinski definition) is 5. The van der Waals surface area contributed by atoms with Gasteiger partial charge in [-0.25, -0.2) is 4.98 Å². The Labute approximate surface area is 163 Å². The first-order valence-electron chi connectivity index (χ1n) is 9.18. The first kappa shape index (κ1) is 17.8. The summed E-state index contributed by atoms with van der Waals surface area (Å²) >= 11 is 1.72. The monoisotopic (exact) mass is 381 g/mol. The number of amides is 1. The highest BCUT2D eigenvalue weighted by Crippen LogP contribution is 2.31. The lowest BCUT2D eigenvalue weighted by Gasteiger charge is -2.34. The number of rotatable bonds is 4. The van der Waals surface area contributed by atoms with Crippen molar-refractivity contribution in [2.75, 3.05) is 37.7 Å². The number of fused-ring (bicyclic) bond motifs is 1. The third-order valence-corrected chi connectivity index (χ3v) is 5.95. The minimum atomic E-state index is 0.0382. The number of hydrogen-bond donors (Lipinski definition) is 0. The predicted molar refractivity (Wildman–Crippen MR) is 110 cm³/mol. The fourth-order valence-electron chi connectivity index (χ4n) is 3.30. The summed E-state index contributed by atoms with van der Waals surface area (Å²) in [5.74, 6) is 0.781. The third-order valence-electron chi connectivity index (χ3n) is 4.86. The van der Waals surface area contributed by atoms with Crippen LogP contribution in [0.5, 0.6) is 5.75 Å². The quantitative estimate of drug-likeness (QED) is 0.692. The molecular weight excluding hydrogens is 358 g/mol. The Hall–Kier alpha value is -2.60. The average Bonchev–Trinajstić information content (AvgIpc) is 3.12. The molecule has 0 radical (unpaired) electrons. The minimum Gasteiger partial charge on any atom is -0.484 e. The van der Waals surface area contributed by atoms with Gasteiger partial charge < -0.3 is 14.5 Å². The maximum atomic E-state index is 12.5. The van der Waals surface area contributed by atoms with Crippen molar-refractivity contribution in [3.63, 3.8) is 0 Å². The SMILES string of the molecule is Cc1cccc(OCC(=O)N2CCN(c3nc4c(C)cccc4s3)CC2)c1. The van der Waals surface area contributed by atoms with Crippen molar-refractivity contribution < 1.29 is 9.53 Å². The van der Waals surface area contributed by atoms with Crippen molar-refractivity contribution in [3.05, 3.63) is 53.6 Å². The zero-order valence-electron chi connectivity index (χ0n) is 15.6. The average molecular weight is 382 g/mol. The van der Waals surface area contributed by atoms with E-state index in [1.807, 2.05) is 36.1 Å². The van der Waals surface area contributed by atoms with Crippen LogP contribution in [0.1, 0.15) is 11.1 Å². The van der Waals surface area contributed by atoms with E-state index in [0.29, 0.717) is 13.1 Å². The summed E-state index contributed by atoms with van der Waals surface area (Å²) in [6.45, 7) is 7.19. The first-order chi connectivity index (χ1) is 13.1. The predicted octanol–water partition coefficient (Wildman–Crippen LogP) is 3.64. The van der Waals surface area contributed by atoms with Crippen molar-refractivity contribution in [3.8, 4) is 5.75 Å². The van der Waals surface area contributed by atoms with Gasteiger partial charge in [0.1, 0.15) is 5.75 Å². The smallest absolute Gasteiger partial charge is 0.260 e. The maximum Gasteiger partial charge on any atom is 0.260 e. The van der Waals surface area contributed by atoms with Gasteiger partial charge in [-0.05, 0) is 43.2 Å². The zero-order chi connectivity index (χ0) is 18.8. The molecule has 0 N–H and O–H groups in total. The number of piperazine rings is 1. The van der Waals surface area contributed by atoms with Crippen LogP contribution >= 0.6 is 11.3 Å². The fraction of sp³-hybridized carbons (Fsp3) is 0.333. The van der Waals surface area contributed by atoms with E-state index in [9.17, 15) is 4.79 Å². The lowest BCUT2D eigenvalue weighted by atomic mass is 10.2. The highest BCUT2D eigenvalue weighted by atomic mass is 32.1. The van der Waals surface area contributed by atoms with Gasteiger partial charge in [0.05, 0.1) is 10.2 Å². The minimum absolute atomic E-state index is 0.0382. The molecule has 2 aromatic carbocycles. The summed E-state index contributed by atoms with van der Waals surface area (Å²) in [5, 5.41) is 1.04. The molecule has 27 heavy (non-hydrogen) atoms. The molecule has 4 rings (SSSR count). The summed E-state index contributed by atoms with van der Waals surface area (Å²) in [5.41, 5.74) is 3.42. The number of aromatic nitrogens is 1. The number of ether oxygens (including phenoxy) is 1. The van der Waals surface area contributed by atoms with E-state index in [0.717, 1.165) is 35.1 Å². The Morgan fingerprint density at radius 3 is 2.63 bits per heavy atom. The van der Waals surface area contributed by atoms with Crippen LogP contribution in [-0.2, 0) is 4.79 Å². The van der Waals surface area contributed by atoms with Crippen LogP contribution in [0, 0.1) is 13.8 Å². The van der Waals surface area contributed by atoms with Gasteiger partial charge in [0.15, 0.2) is 11.7 Å². The highest BCUT2D eigenvalue weighted by Gasteiger charge is 2.23. The largest absolute Gasteiger partial charge is 0.484 e. The van der Waals surface area contributed by atoms with Gasteiger partial charge in [0, 0.05) is 26.2 Å². The molecule has 1 fully saturated rings. The number of para-hydroxylation sites is 1. The molecule has 5 nitrogen and oxygen atoms in total. The second kappa shape index (κ2) is 7.56. The fourth-order valence-corrected chi connectivity index (χ4v) is 4.39. The Bertz CT molecular complexity index is 961. The molecule has 0 spiro atoms. The van der Waals surface area contributed by atoms with Crippen molar-refractivity contribution in [1.82, 2.24) is 9.88 Å². The van der Waals surface area contributed by atoms with E-state index in [1.165, 1.54) is 10.3 Å². The summed E-state index contributed by atoms with van der Waals surface area (Å²) in [6, 6.07) is 14.1. The summed E-state index contributed by atoms with van der Waals surface area (Å²) in [7, 11) is 0. The molecule has 1 aromatic heterocycles. The number of anilines is 1. The second-order valence-corrected chi connectivity index (χ2v) is 7.90. The van der Waals surface area contributed by atoms with E-state index < -0.39 is 0 Å². The molecule has 3 aromatic rings. The van der Waals surface area contributed by atoms with Crippen molar-refractivity contribution in [1.29, 1.82) is 0 Å². The van der Waals surface area contributed by atoms with Crippen LogP contribution in [0.4, 0.5) is 5.13 Å². The van der Waals surface area contributed by atoms with E-state index in [2.05, 4.69) is 30.0 Å². The maximum absolute atomic E-state index is 12.5. The Morgan fingerprint density at radius 2 is 1.89 bits per heavy atom. The molecule has 0 bridgehead atoms. The van der Waals surface area contributed by atoms with Gasteiger partial charge in [-0.2, -0.15) is 0 Å². The molecule has 1 amide bonds. The summed E-state index contributed by atoms with van der Waals surface area (Å²) < 4.78 is 6.87. The van der Waals surface area contributed by atoms with Gasteiger partial charge in [-0.3, -0.25) is 4.79 Å². The number of carbonyl (C=O) groups excluding carboxylic acids is 1. The van der Waals surface area contributed by atoms with Crippen molar-refractivity contribution in [2.45, 2.75) is 13.8 Å². The normalized spacial score (nSPS) is 14.6. The number of benzene rings is 2. The second-order valence-electron chi connectivity index (χ2n) is 6.89. The third kappa shape index (κ3) is 3.90. The first-order valence-corrected chi connectivity index (χ1v) is 10.00. The molecule has 1 aliphatic rings. The topological polar surface area (TPSA) is 45.7 Å². The molecule has 6 heteroatoms. The number of aryl methyl sites for hydroxylation is 2. The lowest BCUT2D eigenvalue weighted by molar-refractivity contribution is -0.133. The number of nitrogens with zero attached hydrogens (tertiary/aromatic N) is 3. The van der Waals surface area contributed by atoms with Gasteiger partial charge >= 0.3 is 0 Å². The zero-order valence-corrected chi connectivity index (χ0v) is 16.5. The van der Waals surface area contributed by atoms with Crippen LogP contribution in [0.2, 0.25) is 0 Å². The van der Waals surface area contributed by atoms with Gasteiger partial charge in [-0.15, -0.1) is 0 Å². The molecule has 1 saturated heterocycles. The van der Waals surface area contributed by atoms with Gasteiger partial charge in [0.2, 0.25) is 0 Å². The van der Waals surface area contributed by atoms with E-state index in [-0.39, 0.29) is 12.5 Å². The lowest BCUT2D eigenvalue weighted by Crippen LogP contribution is -2.50. The van der Waals surface area contributed by atoms with Crippen molar-refractivity contribution >= 4 is 32.6 Å². The van der Waals surface area contributed by atoms with E-state index >= 15 is 0 Å². The Kier molecular flexibility index (Phi) is 4.99. The molecule has 0 atom stereocenters. The molecule has 0 aliphatic carbocycles. The number of thiazole rings is 1. The number of carbonyl (C=O) groups is 1. The van der Waals surface area contributed by atoms with Crippen LogP contribution in [0.3, 0.4) is 0 Å². The summed E-state index contributed by atoms with van der Waals surface area (Å²) in [6.07, 6.45) is 0. The summed E-state index contributed by atoms with van der Waals surface area (Å²) in [4.78, 5) is 21.4. The molecule has 1 aliphatic heterocycles. The molecule has 2 heterocycles. The van der Waals surface area contributed by atoms with E-state index in [4.69, 9.17) is 9.72 Å². The van der Waals surface area contributed by atoms with Gasteiger partial charge in [0.25, 0.3) is 5.91 Å². The molecule has 0 unspecified atom stereocenters. The Balaban J connectivity index is 1.34. The molecule has 140 valence electrons. The standard InChI is InChI=1S/C21H23N3O2S/c1-15-5-3-7-17(13-15)26-14-19(25)23-9-11-24(12-10-23)21-22-20-16(2)6-4-8-18(20)27-21/h3-8,13H,9-12,14H2,1-2H3. The van der Waals surface area contributed by atoms with Gasteiger partial charge in [-0.1, -0.05) is 35.6 Å². The van der Waals surface area contributed by atoms with Crippen LogP contribution in [0.25, 0.3) is 10.2 Å². The Morgan fingerprint density at radius 1 is 1.11 bits per heavy atom. The van der Waals surface area contributed by atoms with Crippen molar-refractivity contribution in [2.24, 2.45) is 0 Å².